The molecule has 37 heavy (non-hydrogen) atoms. The van der Waals surface area contributed by atoms with Crippen molar-refractivity contribution >= 4 is 36.4 Å². The van der Waals surface area contributed by atoms with Crippen molar-refractivity contribution in [2.75, 3.05) is 6.61 Å². The van der Waals surface area contributed by atoms with Gasteiger partial charge in [0.2, 0.25) is 0 Å². The highest BCUT2D eigenvalue weighted by Gasteiger charge is 2.47. The number of alkyl halides is 1. The number of aliphatic hydroxyl groups is 1. The Kier molecular flexibility index (Phi) is 8.47. The molecule has 1 aliphatic heterocycles. The maximum absolute atomic E-state index is 15.1. The summed E-state index contributed by atoms with van der Waals surface area (Å²) in [6.45, 7) is 4.28. The fourth-order valence-electron chi connectivity index (χ4n) is 3.72. The number of benzene rings is 1. The Balaban J connectivity index is 1.50. The molecule has 200 valence electrons. The van der Waals surface area contributed by atoms with Gasteiger partial charge >= 0.3 is 13.7 Å². The highest BCUT2D eigenvalue weighted by Crippen LogP contribution is 2.46. The van der Waals surface area contributed by atoms with E-state index in [1.165, 1.54) is 24.0 Å². The Morgan fingerprint density at radius 3 is 2.70 bits per heavy atom. The van der Waals surface area contributed by atoms with Crippen molar-refractivity contribution in [1.29, 1.82) is 0 Å². The van der Waals surface area contributed by atoms with E-state index in [1.54, 1.807) is 50.2 Å². The fraction of sp³-hybridized carbons (Fsp3) is 0.435. The molecule has 1 fully saturated rings. The summed E-state index contributed by atoms with van der Waals surface area (Å²) in [6.07, 6.45) is -3.59. The zero-order chi connectivity index (χ0) is 26.7. The maximum Gasteiger partial charge on any atom is 0.459 e. The van der Waals surface area contributed by atoms with Gasteiger partial charge in [0.1, 0.15) is 41.1 Å². The molecule has 6 atom stereocenters. The van der Waals surface area contributed by atoms with Gasteiger partial charge in [0, 0.05) is 6.20 Å². The molecule has 11 nitrogen and oxygen atoms in total. The lowest BCUT2D eigenvalue weighted by Gasteiger charge is -2.25. The smallest absolute Gasteiger partial charge is 0.459 e. The van der Waals surface area contributed by atoms with Crippen LogP contribution < -0.4 is 9.61 Å². The predicted octanol–water partition coefficient (Wildman–Crippen LogP) is 3.81. The first kappa shape index (κ1) is 27.4. The normalized spacial score (nSPS) is 24.2. The summed E-state index contributed by atoms with van der Waals surface area (Å²) in [6, 6.07) is 8.70. The van der Waals surface area contributed by atoms with Crippen LogP contribution in [0.3, 0.4) is 0 Å². The van der Waals surface area contributed by atoms with Gasteiger partial charge in [-0.3, -0.25) is 9.32 Å². The van der Waals surface area contributed by atoms with Gasteiger partial charge in [0.15, 0.2) is 12.4 Å². The number of fused-ring (bicyclic) bond motifs is 1. The molecule has 3 aromatic rings. The molecule has 3 heterocycles. The number of aromatic nitrogens is 3. The predicted molar refractivity (Wildman–Crippen MR) is 132 cm³/mol. The van der Waals surface area contributed by atoms with E-state index in [1.807, 2.05) is 0 Å². The molecule has 2 unspecified atom stereocenters. The van der Waals surface area contributed by atoms with E-state index in [0.717, 1.165) is 0 Å². The minimum atomic E-state index is -4.23. The first-order chi connectivity index (χ1) is 17.6. The van der Waals surface area contributed by atoms with Gasteiger partial charge in [0.05, 0.1) is 18.1 Å². The van der Waals surface area contributed by atoms with Crippen molar-refractivity contribution in [2.24, 2.45) is 0 Å². The summed E-state index contributed by atoms with van der Waals surface area (Å²) < 4.78 is 52.1. The number of esters is 1. The van der Waals surface area contributed by atoms with Crippen LogP contribution in [-0.2, 0) is 23.4 Å². The third-order valence-electron chi connectivity index (χ3n) is 5.46. The number of para-hydroxylation sites is 1. The van der Waals surface area contributed by atoms with Crippen LogP contribution in [-0.4, -0.2) is 62.7 Å². The van der Waals surface area contributed by atoms with Gasteiger partial charge in [-0.25, -0.2) is 18.9 Å². The molecule has 1 saturated heterocycles. The Hall–Kier alpha value is -2.60. The zero-order valence-electron chi connectivity index (χ0n) is 20.2. The first-order valence-electron chi connectivity index (χ1n) is 11.5. The van der Waals surface area contributed by atoms with E-state index in [2.05, 4.69) is 15.1 Å². The van der Waals surface area contributed by atoms with Crippen molar-refractivity contribution in [1.82, 2.24) is 19.6 Å². The molecule has 0 bridgehead atoms. The van der Waals surface area contributed by atoms with Gasteiger partial charge in [-0.05, 0) is 39.0 Å². The number of rotatable bonds is 10. The summed E-state index contributed by atoms with van der Waals surface area (Å²) >= 11 is 6.08. The van der Waals surface area contributed by atoms with E-state index in [9.17, 15) is 14.5 Å². The third kappa shape index (κ3) is 6.28. The van der Waals surface area contributed by atoms with Crippen LogP contribution in [0.25, 0.3) is 11.0 Å². The van der Waals surface area contributed by atoms with Gasteiger partial charge in [0.25, 0.3) is 0 Å². The highest BCUT2D eigenvalue weighted by molar-refractivity contribution is 7.52. The number of ether oxygens (including phenoxy) is 2. The van der Waals surface area contributed by atoms with Gasteiger partial charge < -0.3 is 23.7 Å². The second-order valence-corrected chi connectivity index (χ2v) is 10.7. The number of hydrogen-bond donors (Lipinski definition) is 2. The molecule has 1 aromatic carbocycles. The van der Waals surface area contributed by atoms with E-state index in [0.29, 0.717) is 11.0 Å². The molecule has 0 saturated carbocycles. The Labute approximate surface area is 217 Å². The SMILES string of the molecule is CC(C)OC(=O)[C@@H](C)NP(=O)(OC[C@H]1OC(n2ccc3c(Cl)ncnc32)[C@H](F)[C@@H]1O)Oc1ccccc1. The quantitative estimate of drug-likeness (QED) is 0.216. The topological polar surface area (TPSA) is 134 Å². The molecular formula is C23H27ClFN4O7P. The van der Waals surface area contributed by atoms with Crippen LogP contribution in [0.15, 0.2) is 48.9 Å². The molecule has 1 aliphatic rings. The van der Waals surface area contributed by atoms with Crippen LogP contribution in [0, 0.1) is 0 Å². The van der Waals surface area contributed by atoms with E-state index in [-0.39, 0.29) is 10.9 Å². The molecule has 2 aromatic heterocycles. The lowest BCUT2D eigenvalue weighted by molar-refractivity contribution is -0.149. The van der Waals surface area contributed by atoms with Crippen molar-refractivity contribution in [3.63, 3.8) is 0 Å². The molecule has 0 aliphatic carbocycles. The van der Waals surface area contributed by atoms with Crippen molar-refractivity contribution in [2.45, 2.75) is 57.5 Å². The summed E-state index contributed by atoms with van der Waals surface area (Å²) in [7, 11) is -4.23. The van der Waals surface area contributed by atoms with Crippen LogP contribution in [0.4, 0.5) is 4.39 Å². The van der Waals surface area contributed by atoms with Crippen molar-refractivity contribution < 1.29 is 37.4 Å². The average molecular weight is 557 g/mol. The second-order valence-electron chi connectivity index (χ2n) is 8.66. The Morgan fingerprint density at radius 2 is 2.00 bits per heavy atom. The number of hydrogen-bond acceptors (Lipinski definition) is 9. The average Bonchev–Trinajstić information content (AvgIpc) is 3.40. The van der Waals surface area contributed by atoms with Gasteiger partial charge in [-0.2, -0.15) is 5.09 Å². The van der Waals surface area contributed by atoms with Gasteiger partial charge in [-0.15, -0.1) is 0 Å². The van der Waals surface area contributed by atoms with Gasteiger partial charge in [-0.1, -0.05) is 29.8 Å². The zero-order valence-corrected chi connectivity index (χ0v) is 21.9. The number of nitrogens with one attached hydrogen (secondary N) is 1. The number of carbonyl (C=O) groups excluding carboxylic acids is 1. The number of halogens is 2. The van der Waals surface area contributed by atoms with Crippen LogP contribution >= 0.6 is 19.3 Å². The number of aliphatic hydroxyl groups excluding tert-OH is 1. The first-order valence-corrected chi connectivity index (χ1v) is 13.4. The van der Waals surface area contributed by atoms with E-state index in [4.69, 9.17) is 30.1 Å². The minimum absolute atomic E-state index is 0.188. The molecule has 0 radical (unpaired) electrons. The van der Waals surface area contributed by atoms with E-state index >= 15 is 4.39 Å². The lowest BCUT2D eigenvalue weighted by atomic mass is 10.1. The molecule has 14 heteroatoms. The van der Waals surface area contributed by atoms with Crippen LogP contribution in [0.1, 0.15) is 27.0 Å². The monoisotopic (exact) mass is 556 g/mol. The number of carbonyl (C=O) groups is 1. The maximum atomic E-state index is 15.1. The standard InChI is InChI=1S/C23H27ClFN4O7P/c1-13(2)34-23(31)14(3)28-37(32,36-15-7-5-4-6-8-15)33-11-17-19(30)18(25)22(35-17)29-10-9-16-20(24)26-12-27-21(16)29/h4-10,12-14,17-19,22,30H,11H2,1-3H3,(H,28,32)/t14-,17-,18-,19-,22?,37?/m1/s1. The van der Waals surface area contributed by atoms with Crippen LogP contribution in [0.5, 0.6) is 5.75 Å². The second kappa shape index (κ2) is 11.4. The minimum Gasteiger partial charge on any atom is -0.462 e. The Morgan fingerprint density at radius 1 is 1.27 bits per heavy atom. The molecule has 0 amide bonds. The highest BCUT2D eigenvalue weighted by atomic mass is 35.5. The molecule has 2 N–H and O–H groups in total. The number of nitrogens with zero attached hydrogens (tertiary/aromatic N) is 3. The lowest BCUT2D eigenvalue weighted by Crippen LogP contribution is -2.37. The summed E-state index contributed by atoms with van der Waals surface area (Å²) in [5, 5.41) is 13.7. The molecule has 4 rings (SSSR count). The largest absolute Gasteiger partial charge is 0.462 e. The Bertz CT molecular complexity index is 1280. The summed E-state index contributed by atoms with van der Waals surface area (Å²) in [5.41, 5.74) is 0.318. The third-order valence-corrected chi connectivity index (χ3v) is 7.41. The molecular weight excluding hydrogens is 530 g/mol. The summed E-state index contributed by atoms with van der Waals surface area (Å²) in [5.74, 6) is -0.469. The summed E-state index contributed by atoms with van der Waals surface area (Å²) in [4.78, 5) is 20.3. The van der Waals surface area contributed by atoms with Crippen LogP contribution in [0.2, 0.25) is 5.15 Å². The molecule has 0 spiro atoms. The van der Waals surface area contributed by atoms with E-state index < -0.39 is 57.1 Å². The fourth-order valence-corrected chi connectivity index (χ4v) is 5.41. The van der Waals surface area contributed by atoms with Crippen molar-refractivity contribution in [3.05, 3.63) is 54.1 Å². The van der Waals surface area contributed by atoms with Crippen molar-refractivity contribution in [3.8, 4) is 5.75 Å².